The van der Waals surface area contributed by atoms with Crippen LogP contribution in [-0.2, 0) is 21.5 Å². The number of nitrogens with zero attached hydrogens (tertiary/aromatic N) is 2. The van der Waals surface area contributed by atoms with Crippen LogP contribution >= 0.6 is 11.6 Å². The maximum Gasteiger partial charge on any atom is 0.333 e. The Morgan fingerprint density at radius 1 is 1.19 bits per heavy atom. The standard InChI is InChI=1S/C22H21ClN2O6/c1-13-16(20(26)27)11-22(21(28)29,17-8-4-5-9-18(17)23)14(2)24(13)12-15-7-3-6-10-19(15)25(30)31/h3-10,14H,11-12H2,1-2H3,(H,26,27)(H,28,29). The van der Waals surface area contributed by atoms with Crippen LogP contribution in [0.25, 0.3) is 0 Å². The summed E-state index contributed by atoms with van der Waals surface area (Å²) in [6.07, 6.45) is -0.262. The van der Waals surface area contributed by atoms with Gasteiger partial charge in [-0.2, -0.15) is 0 Å². The van der Waals surface area contributed by atoms with Crippen molar-refractivity contribution in [2.75, 3.05) is 0 Å². The highest BCUT2D eigenvalue weighted by molar-refractivity contribution is 6.31. The van der Waals surface area contributed by atoms with Gasteiger partial charge in [0.1, 0.15) is 5.41 Å². The van der Waals surface area contributed by atoms with Gasteiger partial charge in [-0.05, 0) is 25.5 Å². The Morgan fingerprint density at radius 2 is 1.81 bits per heavy atom. The molecular weight excluding hydrogens is 424 g/mol. The number of hydrogen-bond acceptors (Lipinski definition) is 5. The molecule has 2 atom stereocenters. The molecule has 31 heavy (non-hydrogen) atoms. The van der Waals surface area contributed by atoms with E-state index in [9.17, 15) is 29.9 Å². The largest absolute Gasteiger partial charge is 0.481 e. The van der Waals surface area contributed by atoms with Crippen molar-refractivity contribution in [2.24, 2.45) is 0 Å². The number of rotatable bonds is 6. The lowest BCUT2D eigenvalue weighted by Crippen LogP contribution is -2.56. The topological polar surface area (TPSA) is 121 Å². The number of carboxylic acids is 2. The normalized spacial score (nSPS) is 21.1. The van der Waals surface area contributed by atoms with Gasteiger partial charge >= 0.3 is 11.9 Å². The first-order chi connectivity index (χ1) is 14.6. The van der Waals surface area contributed by atoms with Crippen LogP contribution in [-0.4, -0.2) is 38.0 Å². The van der Waals surface area contributed by atoms with E-state index in [1.807, 2.05) is 0 Å². The summed E-state index contributed by atoms with van der Waals surface area (Å²) in [5.41, 5.74) is -0.834. The molecule has 0 aromatic heterocycles. The maximum atomic E-state index is 12.7. The molecule has 2 aromatic rings. The van der Waals surface area contributed by atoms with Gasteiger partial charge < -0.3 is 15.1 Å². The summed E-state index contributed by atoms with van der Waals surface area (Å²) in [6, 6.07) is 11.8. The van der Waals surface area contributed by atoms with Crippen molar-refractivity contribution in [2.45, 2.75) is 38.3 Å². The average molecular weight is 445 g/mol. The number of carbonyl (C=O) groups is 2. The van der Waals surface area contributed by atoms with Gasteiger partial charge in [0.2, 0.25) is 0 Å². The fraction of sp³-hybridized carbons (Fsp3) is 0.273. The SMILES string of the molecule is CC1=C(C(=O)O)CC(C(=O)O)(c2ccccc2Cl)C(C)N1Cc1ccccc1[N+](=O)[O-]. The number of aliphatic carboxylic acids is 2. The first-order valence-corrected chi connectivity index (χ1v) is 9.89. The summed E-state index contributed by atoms with van der Waals surface area (Å²) >= 11 is 6.36. The Bertz CT molecular complexity index is 1100. The zero-order valence-electron chi connectivity index (χ0n) is 16.9. The Labute approximate surface area is 183 Å². The van der Waals surface area contributed by atoms with E-state index in [0.717, 1.165) is 0 Å². The molecule has 1 heterocycles. The van der Waals surface area contributed by atoms with Crippen LogP contribution in [0.15, 0.2) is 59.8 Å². The molecule has 8 nitrogen and oxygen atoms in total. The lowest BCUT2D eigenvalue weighted by Gasteiger charge is -2.48. The minimum atomic E-state index is -1.66. The average Bonchev–Trinajstić information content (AvgIpc) is 2.72. The molecule has 0 aliphatic carbocycles. The van der Waals surface area contributed by atoms with E-state index in [0.29, 0.717) is 16.8 Å². The van der Waals surface area contributed by atoms with Crippen LogP contribution in [0.5, 0.6) is 0 Å². The highest BCUT2D eigenvalue weighted by Gasteiger charge is 2.53. The third-order valence-electron chi connectivity index (χ3n) is 6.03. The van der Waals surface area contributed by atoms with Crippen molar-refractivity contribution < 1.29 is 24.7 Å². The second-order valence-corrected chi connectivity index (χ2v) is 7.90. The second-order valence-electron chi connectivity index (χ2n) is 7.49. The molecule has 0 spiro atoms. The van der Waals surface area contributed by atoms with E-state index < -0.39 is 28.3 Å². The predicted molar refractivity (Wildman–Crippen MR) is 114 cm³/mol. The van der Waals surface area contributed by atoms with Crippen LogP contribution in [0.2, 0.25) is 5.02 Å². The van der Waals surface area contributed by atoms with E-state index in [-0.39, 0.29) is 29.2 Å². The van der Waals surface area contributed by atoms with Gasteiger partial charge in [0.05, 0.1) is 10.5 Å². The first kappa shape index (κ1) is 22.3. The lowest BCUT2D eigenvalue weighted by molar-refractivity contribution is -0.385. The van der Waals surface area contributed by atoms with Gasteiger partial charge in [-0.3, -0.25) is 14.9 Å². The summed E-state index contributed by atoms with van der Waals surface area (Å²) in [5.74, 6) is -2.46. The summed E-state index contributed by atoms with van der Waals surface area (Å²) < 4.78 is 0. The fourth-order valence-corrected chi connectivity index (χ4v) is 4.59. The predicted octanol–water partition coefficient (Wildman–Crippen LogP) is 4.22. The van der Waals surface area contributed by atoms with E-state index in [1.165, 1.54) is 12.1 Å². The molecule has 2 N–H and O–H groups in total. The monoisotopic (exact) mass is 444 g/mol. The zero-order chi connectivity index (χ0) is 22.9. The van der Waals surface area contributed by atoms with Crippen molar-refractivity contribution >= 4 is 29.2 Å². The highest BCUT2D eigenvalue weighted by atomic mass is 35.5. The molecule has 0 amide bonds. The Kier molecular flexibility index (Phi) is 6.03. The number of nitro benzene ring substituents is 1. The molecule has 0 radical (unpaired) electrons. The Hall–Kier alpha value is -3.39. The van der Waals surface area contributed by atoms with Crippen molar-refractivity contribution in [3.8, 4) is 0 Å². The molecule has 1 aliphatic rings. The number of hydrogen-bond donors (Lipinski definition) is 2. The fourth-order valence-electron chi connectivity index (χ4n) is 4.29. The van der Waals surface area contributed by atoms with E-state index in [1.54, 1.807) is 55.1 Å². The highest BCUT2D eigenvalue weighted by Crippen LogP contribution is 2.46. The van der Waals surface area contributed by atoms with Crippen molar-refractivity contribution in [1.29, 1.82) is 0 Å². The zero-order valence-corrected chi connectivity index (χ0v) is 17.7. The molecule has 0 fully saturated rings. The third-order valence-corrected chi connectivity index (χ3v) is 6.36. The molecule has 3 rings (SSSR count). The number of halogens is 1. The van der Waals surface area contributed by atoms with Crippen LogP contribution in [0.1, 0.15) is 31.4 Å². The molecule has 0 bridgehead atoms. The molecule has 2 unspecified atom stereocenters. The van der Waals surface area contributed by atoms with E-state index in [4.69, 9.17) is 11.6 Å². The van der Waals surface area contributed by atoms with Gasteiger partial charge in [0.15, 0.2) is 0 Å². The first-order valence-electron chi connectivity index (χ1n) is 9.51. The Balaban J connectivity index is 2.23. The molecular formula is C22H21ClN2O6. The number of para-hydroxylation sites is 1. The minimum absolute atomic E-state index is 0.0274. The van der Waals surface area contributed by atoms with Crippen LogP contribution in [0.3, 0.4) is 0 Å². The van der Waals surface area contributed by atoms with E-state index in [2.05, 4.69) is 0 Å². The molecule has 162 valence electrons. The molecule has 0 saturated carbocycles. The number of allylic oxidation sites excluding steroid dienone is 1. The van der Waals surface area contributed by atoms with Gasteiger partial charge in [0.25, 0.3) is 5.69 Å². The smallest absolute Gasteiger partial charge is 0.333 e. The number of nitro groups is 1. The summed E-state index contributed by atoms with van der Waals surface area (Å²) in [6.45, 7) is 3.24. The van der Waals surface area contributed by atoms with E-state index >= 15 is 0 Å². The van der Waals surface area contributed by atoms with Crippen molar-refractivity contribution in [1.82, 2.24) is 4.90 Å². The summed E-state index contributed by atoms with van der Waals surface area (Å²) in [5, 5.41) is 31.9. The number of carboxylic acid groups (broad SMARTS) is 2. The number of benzene rings is 2. The van der Waals surface area contributed by atoms with Crippen LogP contribution in [0.4, 0.5) is 5.69 Å². The molecule has 2 aromatic carbocycles. The second kappa shape index (κ2) is 8.39. The lowest BCUT2D eigenvalue weighted by atomic mass is 9.67. The third kappa shape index (κ3) is 3.74. The summed E-state index contributed by atoms with van der Waals surface area (Å²) in [4.78, 5) is 37.3. The quantitative estimate of drug-likeness (QED) is 0.505. The van der Waals surface area contributed by atoms with Gasteiger partial charge in [-0.1, -0.05) is 48.0 Å². The van der Waals surface area contributed by atoms with Crippen LogP contribution < -0.4 is 0 Å². The van der Waals surface area contributed by atoms with Crippen LogP contribution in [0, 0.1) is 10.1 Å². The van der Waals surface area contributed by atoms with Gasteiger partial charge in [-0.25, -0.2) is 4.79 Å². The minimum Gasteiger partial charge on any atom is -0.481 e. The van der Waals surface area contributed by atoms with Gasteiger partial charge in [-0.15, -0.1) is 0 Å². The summed E-state index contributed by atoms with van der Waals surface area (Å²) in [7, 11) is 0. The molecule has 0 saturated heterocycles. The van der Waals surface area contributed by atoms with Crippen molar-refractivity contribution in [3.63, 3.8) is 0 Å². The Morgan fingerprint density at radius 3 is 2.39 bits per heavy atom. The van der Waals surface area contributed by atoms with Gasteiger partial charge in [0, 0.05) is 41.4 Å². The molecule has 1 aliphatic heterocycles. The molecule has 9 heteroatoms. The van der Waals surface area contributed by atoms with Crippen molar-refractivity contribution in [3.05, 3.63) is 86.1 Å². The maximum absolute atomic E-state index is 12.7.